The average molecular weight is 546 g/mol. The van der Waals surface area contributed by atoms with Crippen LogP contribution in [0.4, 0.5) is 5.82 Å². The number of nitrogens with two attached hydrogens (primary N) is 1. The molecule has 3 saturated heterocycles. The number of nitrogens with zero attached hydrogens (tertiary/aromatic N) is 4. The Morgan fingerprint density at radius 2 is 1.79 bits per heavy atom. The van der Waals surface area contributed by atoms with Crippen molar-refractivity contribution in [2.45, 2.75) is 96.0 Å². The summed E-state index contributed by atoms with van der Waals surface area (Å²) in [6, 6.07) is 1.09. The van der Waals surface area contributed by atoms with Gasteiger partial charge in [0.2, 0.25) is 11.8 Å². The number of likely N-dealkylation sites (tertiary alicyclic amines) is 2. The van der Waals surface area contributed by atoms with E-state index in [1.807, 2.05) is 19.9 Å². The molecule has 1 aromatic heterocycles. The van der Waals surface area contributed by atoms with Crippen molar-refractivity contribution in [3.05, 3.63) is 11.8 Å². The number of aromatic nitrogens is 1. The molecule has 1 aliphatic carbocycles. The largest absolute Gasteiger partial charge is 0.391 e. The van der Waals surface area contributed by atoms with Gasteiger partial charge in [0.25, 0.3) is 0 Å². The van der Waals surface area contributed by atoms with Crippen LogP contribution in [0.1, 0.15) is 77.4 Å². The van der Waals surface area contributed by atoms with Crippen molar-refractivity contribution in [1.82, 2.24) is 15.0 Å². The maximum absolute atomic E-state index is 13.5. The Balaban J connectivity index is 1.10. The van der Waals surface area contributed by atoms with E-state index in [2.05, 4.69) is 21.9 Å². The smallest absolute Gasteiger partial charge is 0.240 e. The van der Waals surface area contributed by atoms with Gasteiger partial charge < -0.3 is 34.8 Å². The van der Waals surface area contributed by atoms with Crippen molar-refractivity contribution in [2.24, 2.45) is 23.5 Å². The highest BCUT2D eigenvalue weighted by Crippen LogP contribution is 2.34. The summed E-state index contributed by atoms with van der Waals surface area (Å²) < 4.78 is 12.0. The van der Waals surface area contributed by atoms with E-state index in [1.54, 1.807) is 0 Å². The van der Waals surface area contributed by atoms with Gasteiger partial charge in [0.1, 0.15) is 12.0 Å². The van der Waals surface area contributed by atoms with Crippen LogP contribution in [0.25, 0.3) is 0 Å². The molecular formula is C29H47N5O5. The molecule has 4 aliphatic rings. The van der Waals surface area contributed by atoms with E-state index in [-0.39, 0.29) is 24.8 Å². The highest BCUT2D eigenvalue weighted by molar-refractivity contribution is 5.90. The van der Waals surface area contributed by atoms with Gasteiger partial charge in [-0.25, -0.2) is 0 Å². The second kappa shape index (κ2) is 12.1. The van der Waals surface area contributed by atoms with Gasteiger partial charge in [-0.3, -0.25) is 9.59 Å². The molecule has 0 spiro atoms. The fourth-order valence-electron chi connectivity index (χ4n) is 6.97. The summed E-state index contributed by atoms with van der Waals surface area (Å²) in [5, 5.41) is 14.4. The van der Waals surface area contributed by atoms with E-state index in [0.717, 1.165) is 70.1 Å². The van der Waals surface area contributed by atoms with E-state index >= 15 is 0 Å². The van der Waals surface area contributed by atoms with Gasteiger partial charge in [0, 0.05) is 51.8 Å². The molecule has 218 valence electrons. The number of ether oxygens (including phenoxy) is 1. The Bertz CT molecular complexity index is 978. The van der Waals surface area contributed by atoms with E-state index in [0.29, 0.717) is 23.9 Å². The van der Waals surface area contributed by atoms with Crippen molar-refractivity contribution >= 4 is 17.6 Å². The van der Waals surface area contributed by atoms with Crippen LogP contribution in [0.15, 0.2) is 10.6 Å². The normalized spacial score (nSPS) is 30.1. The molecule has 10 heteroatoms. The zero-order valence-electron chi connectivity index (χ0n) is 23.8. The van der Waals surface area contributed by atoms with Gasteiger partial charge in [0.15, 0.2) is 11.6 Å². The highest BCUT2D eigenvalue weighted by Gasteiger charge is 2.42. The molecule has 0 bridgehead atoms. The zero-order valence-corrected chi connectivity index (χ0v) is 23.8. The molecule has 5 rings (SSSR count). The predicted octanol–water partition coefficient (Wildman–Crippen LogP) is 2.36. The lowest BCUT2D eigenvalue weighted by Gasteiger charge is -2.40. The number of aliphatic hydroxyl groups is 1. The first kappa shape index (κ1) is 28.4. The summed E-state index contributed by atoms with van der Waals surface area (Å²) in [6.07, 6.45) is 7.36. The molecular weight excluding hydrogens is 498 g/mol. The van der Waals surface area contributed by atoms with Crippen molar-refractivity contribution in [3.8, 4) is 0 Å². The topological polar surface area (TPSA) is 125 Å². The van der Waals surface area contributed by atoms with Gasteiger partial charge >= 0.3 is 0 Å². The molecule has 3 N–H and O–H groups in total. The molecule has 39 heavy (non-hydrogen) atoms. The fraction of sp³-hybridized carbons (Fsp3) is 0.828. The molecule has 1 aromatic rings. The van der Waals surface area contributed by atoms with E-state index in [9.17, 15) is 14.7 Å². The molecule has 0 aromatic carbocycles. The predicted molar refractivity (Wildman–Crippen MR) is 147 cm³/mol. The number of anilines is 1. The highest BCUT2D eigenvalue weighted by atomic mass is 16.5. The van der Waals surface area contributed by atoms with Crippen molar-refractivity contribution in [1.29, 1.82) is 0 Å². The minimum absolute atomic E-state index is 0.0675. The molecule has 3 atom stereocenters. The first-order valence-electron chi connectivity index (χ1n) is 15.0. The fourth-order valence-corrected chi connectivity index (χ4v) is 6.97. The van der Waals surface area contributed by atoms with Crippen LogP contribution in [-0.2, 0) is 14.3 Å². The van der Waals surface area contributed by atoms with Crippen LogP contribution in [0.3, 0.4) is 0 Å². The van der Waals surface area contributed by atoms with Crippen molar-refractivity contribution < 1.29 is 24.0 Å². The molecule has 0 radical (unpaired) electrons. The SMILES string of the molecule is CC1CC(OC2CCN(CC3CCN(c4cc([C@H](C(=O)N5C[C@H](O)C[C@H]5C(N)=O)C(C)C)on4)CC3)CC2)C1. The molecule has 4 heterocycles. The van der Waals surface area contributed by atoms with Crippen LogP contribution in [-0.4, -0.2) is 95.5 Å². The number of carbonyl (C=O) groups is 2. The third kappa shape index (κ3) is 6.60. The number of aliphatic hydroxyl groups excluding tert-OH is 1. The summed E-state index contributed by atoms with van der Waals surface area (Å²) in [7, 11) is 0. The first-order chi connectivity index (χ1) is 18.7. The van der Waals surface area contributed by atoms with Crippen LogP contribution in [0, 0.1) is 17.8 Å². The van der Waals surface area contributed by atoms with Gasteiger partial charge in [-0.1, -0.05) is 25.9 Å². The molecule has 0 unspecified atom stereocenters. The maximum atomic E-state index is 13.5. The Kier molecular flexibility index (Phi) is 8.83. The van der Waals surface area contributed by atoms with Crippen LogP contribution < -0.4 is 10.6 Å². The van der Waals surface area contributed by atoms with E-state index in [4.69, 9.17) is 15.0 Å². The summed E-state index contributed by atoms with van der Waals surface area (Å²) in [5.74, 6) is 1.28. The Morgan fingerprint density at radius 3 is 2.41 bits per heavy atom. The van der Waals surface area contributed by atoms with Crippen LogP contribution in [0.2, 0.25) is 0 Å². The number of rotatable bonds is 9. The second-order valence-electron chi connectivity index (χ2n) is 12.9. The number of hydrogen-bond acceptors (Lipinski definition) is 8. The second-order valence-corrected chi connectivity index (χ2v) is 12.9. The zero-order chi connectivity index (χ0) is 27.7. The number of piperidine rings is 2. The quantitative estimate of drug-likeness (QED) is 0.485. The number of amides is 2. The summed E-state index contributed by atoms with van der Waals surface area (Å²) in [5.41, 5.74) is 5.51. The van der Waals surface area contributed by atoms with E-state index in [1.165, 1.54) is 17.7 Å². The lowest BCUT2D eigenvalue weighted by atomic mass is 9.84. The lowest BCUT2D eigenvalue weighted by molar-refractivity contribution is -0.139. The first-order valence-corrected chi connectivity index (χ1v) is 15.0. The third-order valence-corrected chi connectivity index (χ3v) is 9.35. The minimum Gasteiger partial charge on any atom is -0.391 e. The third-order valence-electron chi connectivity index (χ3n) is 9.35. The van der Waals surface area contributed by atoms with Crippen molar-refractivity contribution in [3.63, 3.8) is 0 Å². The number of primary amides is 1. The number of carbonyl (C=O) groups excluding carboxylic acids is 2. The Morgan fingerprint density at radius 1 is 1.10 bits per heavy atom. The molecule has 3 aliphatic heterocycles. The van der Waals surface area contributed by atoms with Gasteiger partial charge in [-0.15, -0.1) is 0 Å². The van der Waals surface area contributed by atoms with E-state index < -0.39 is 24.0 Å². The van der Waals surface area contributed by atoms with Gasteiger partial charge in [-0.05, 0) is 56.3 Å². The van der Waals surface area contributed by atoms with Gasteiger partial charge in [-0.2, -0.15) is 0 Å². The summed E-state index contributed by atoms with van der Waals surface area (Å²) >= 11 is 0. The average Bonchev–Trinajstić information content (AvgIpc) is 3.52. The van der Waals surface area contributed by atoms with Crippen LogP contribution in [0.5, 0.6) is 0 Å². The minimum atomic E-state index is -0.792. The molecule has 1 saturated carbocycles. The standard InChI is InChI=1S/C29H47N5O5/c1-18(2)27(29(37)34-17-21(35)14-24(34)28(30)36)25-15-26(31-39-25)33-10-4-20(5-11-33)16-32-8-6-22(7-9-32)38-23-12-19(3)13-23/h15,18-24,27,35H,4-14,16-17H2,1-3H3,(H2,30,36)/t19?,21-,23?,24+,27-/m1/s1. The maximum Gasteiger partial charge on any atom is 0.240 e. The van der Waals surface area contributed by atoms with Gasteiger partial charge in [0.05, 0.1) is 18.3 Å². The molecule has 2 amide bonds. The number of β-amino-alcohol motifs (C(OH)–C–C–N with tert-alkyl or cyclic N) is 1. The molecule has 10 nitrogen and oxygen atoms in total. The lowest BCUT2D eigenvalue weighted by Crippen LogP contribution is -2.46. The molecule has 4 fully saturated rings. The van der Waals surface area contributed by atoms with Crippen molar-refractivity contribution in [2.75, 3.05) is 44.2 Å². The Hall–Kier alpha value is -2.17. The summed E-state index contributed by atoms with van der Waals surface area (Å²) in [6.45, 7) is 11.6. The monoisotopic (exact) mass is 545 g/mol. The Labute approximate surface area is 232 Å². The summed E-state index contributed by atoms with van der Waals surface area (Å²) in [4.78, 5) is 31.6. The number of hydrogen-bond donors (Lipinski definition) is 2. The van der Waals surface area contributed by atoms with Crippen LogP contribution >= 0.6 is 0 Å².